The highest BCUT2D eigenvalue weighted by atomic mass is 79.9. The van der Waals surface area contributed by atoms with Crippen LogP contribution in [0.25, 0.3) is 11.8 Å². The Morgan fingerprint density at radius 1 is 1.05 bits per heavy atom. The number of rotatable bonds is 1. The second-order valence-corrected chi connectivity index (χ2v) is 6.15. The Labute approximate surface area is 126 Å². The van der Waals surface area contributed by atoms with Crippen molar-refractivity contribution >= 4 is 33.4 Å². The highest BCUT2D eigenvalue weighted by Crippen LogP contribution is 2.29. The summed E-state index contributed by atoms with van der Waals surface area (Å²) < 4.78 is 1.12. The van der Waals surface area contributed by atoms with Gasteiger partial charge in [-0.1, -0.05) is 46.3 Å². The van der Waals surface area contributed by atoms with Crippen molar-refractivity contribution in [2.75, 3.05) is 11.9 Å². The molecule has 0 radical (unpaired) electrons. The summed E-state index contributed by atoms with van der Waals surface area (Å²) in [6.07, 6.45) is 3.40. The minimum absolute atomic E-state index is 0.228. The Hall–Kier alpha value is -1.74. The van der Waals surface area contributed by atoms with E-state index < -0.39 is 0 Å². The van der Waals surface area contributed by atoms with Gasteiger partial charge in [0.15, 0.2) is 0 Å². The second kappa shape index (κ2) is 4.67. The summed E-state index contributed by atoms with van der Waals surface area (Å²) in [5.41, 5.74) is 3.84. The van der Waals surface area contributed by atoms with Crippen molar-refractivity contribution in [1.82, 2.24) is 5.32 Å². The predicted octanol–water partition coefficient (Wildman–Crippen LogP) is 2.50. The normalized spacial score (nSPS) is 19.4. The molecule has 0 spiro atoms. The van der Waals surface area contributed by atoms with Gasteiger partial charge >= 0.3 is 0 Å². The van der Waals surface area contributed by atoms with E-state index in [0.29, 0.717) is 0 Å². The first kappa shape index (κ1) is 12.0. The van der Waals surface area contributed by atoms with Crippen LogP contribution in [-0.4, -0.2) is 6.54 Å². The molecule has 2 nitrogen and oxygen atoms in total. The number of halogens is 1. The fraction of sp³-hybridized carbons (Fsp3) is 0.176. The Morgan fingerprint density at radius 3 is 2.75 bits per heavy atom. The molecule has 0 aliphatic carbocycles. The molecule has 2 aromatic rings. The molecule has 2 heterocycles. The van der Waals surface area contributed by atoms with Crippen LogP contribution in [0.3, 0.4) is 0 Å². The van der Waals surface area contributed by atoms with E-state index in [2.05, 4.69) is 75.1 Å². The van der Waals surface area contributed by atoms with Gasteiger partial charge < -0.3 is 10.6 Å². The van der Waals surface area contributed by atoms with Crippen molar-refractivity contribution in [3.8, 4) is 0 Å². The van der Waals surface area contributed by atoms with Crippen molar-refractivity contribution in [1.29, 1.82) is 0 Å². The largest absolute Gasteiger partial charge is 0.385 e. The van der Waals surface area contributed by atoms with E-state index in [9.17, 15) is 0 Å². The highest BCUT2D eigenvalue weighted by Gasteiger charge is 2.25. The summed E-state index contributed by atoms with van der Waals surface area (Å²) >= 11 is 3.50. The van der Waals surface area contributed by atoms with Gasteiger partial charge in [-0.2, -0.15) is 0 Å². The van der Waals surface area contributed by atoms with Crippen molar-refractivity contribution in [3.63, 3.8) is 0 Å². The van der Waals surface area contributed by atoms with E-state index in [4.69, 9.17) is 0 Å². The van der Waals surface area contributed by atoms with Crippen LogP contribution in [0.4, 0.5) is 5.69 Å². The summed E-state index contributed by atoms with van der Waals surface area (Å²) in [6, 6.07) is 15.3. The molecule has 20 heavy (non-hydrogen) atoms. The third-order valence-electron chi connectivity index (χ3n) is 3.98. The number of hydrogen-bond acceptors (Lipinski definition) is 2. The minimum atomic E-state index is 0.228. The molecular weight excluding hydrogens is 312 g/mol. The molecule has 0 amide bonds. The summed E-state index contributed by atoms with van der Waals surface area (Å²) in [4.78, 5) is 0. The first-order chi connectivity index (χ1) is 9.83. The van der Waals surface area contributed by atoms with E-state index in [1.165, 1.54) is 27.4 Å². The fourth-order valence-corrected chi connectivity index (χ4v) is 3.33. The second-order valence-electron chi connectivity index (χ2n) is 5.23. The molecule has 0 bridgehead atoms. The van der Waals surface area contributed by atoms with E-state index in [-0.39, 0.29) is 6.04 Å². The van der Waals surface area contributed by atoms with E-state index >= 15 is 0 Å². The zero-order valence-electron chi connectivity index (χ0n) is 11.0. The monoisotopic (exact) mass is 326 g/mol. The van der Waals surface area contributed by atoms with Gasteiger partial charge in [-0.15, -0.1) is 0 Å². The van der Waals surface area contributed by atoms with Crippen LogP contribution in [0.5, 0.6) is 0 Å². The molecule has 0 saturated carbocycles. The van der Waals surface area contributed by atoms with Gasteiger partial charge in [-0.25, -0.2) is 0 Å². The van der Waals surface area contributed by atoms with Crippen LogP contribution in [0.1, 0.15) is 18.0 Å². The maximum atomic E-state index is 3.64. The molecule has 2 aliphatic heterocycles. The lowest BCUT2D eigenvalue weighted by Gasteiger charge is -2.18. The van der Waals surface area contributed by atoms with Crippen LogP contribution in [-0.2, 0) is 0 Å². The van der Waals surface area contributed by atoms with Crippen LogP contribution in [0.15, 0.2) is 46.9 Å². The lowest BCUT2D eigenvalue weighted by Crippen LogP contribution is -2.28. The molecule has 2 aromatic carbocycles. The van der Waals surface area contributed by atoms with Crippen LogP contribution in [0.2, 0.25) is 0 Å². The van der Waals surface area contributed by atoms with E-state index in [1.807, 2.05) is 0 Å². The standard InChI is InChI=1S/C17H15BrN2/c18-13-8-6-12(7-9-13)16-17-15-11(4-2-10-19-17)3-1-5-14(15)20-16/h1,3-9,16,19-20H,2,10H2. The summed E-state index contributed by atoms with van der Waals surface area (Å²) in [5.74, 6) is 0. The molecule has 3 heteroatoms. The average Bonchev–Trinajstić information content (AvgIpc) is 2.69. The Kier molecular flexibility index (Phi) is 2.81. The Morgan fingerprint density at radius 2 is 1.90 bits per heavy atom. The van der Waals surface area contributed by atoms with Gasteiger partial charge in [-0.3, -0.25) is 0 Å². The van der Waals surface area contributed by atoms with Gasteiger partial charge in [0.2, 0.25) is 0 Å². The molecule has 100 valence electrons. The maximum Gasteiger partial charge on any atom is 0.0921 e. The summed E-state index contributed by atoms with van der Waals surface area (Å²) in [6.45, 7) is 0.998. The average molecular weight is 327 g/mol. The highest BCUT2D eigenvalue weighted by molar-refractivity contribution is 9.10. The van der Waals surface area contributed by atoms with E-state index in [1.54, 1.807) is 0 Å². The number of anilines is 1. The lowest BCUT2D eigenvalue weighted by molar-refractivity contribution is 0.831. The third-order valence-corrected chi connectivity index (χ3v) is 4.51. The molecule has 0 aromatic heterocycles. The number of nitrogens with one attached hydrogen (secondary N) is 2. The molecule has 0 saturated heterocycles. The molecule has 2 N–H and O–H groups in total. The zero-order valence-corrected chi connectivity index (χ0v) is 12.6. The smallest absolute Gasteiger partial charge is 0.0921 e. The summed E-state index contributed by atoms with van der Waals surface area (Å²) in [5, 5.41) is 9.95. The van der Waals surface area contributed by atoms with Gasteiger partial charge in [0.25, 0.3) is 0 Å². The molecule has 1 atom stereocenters. The fourth-order valence-electron chi connectivity index (χ4n) is 3.06. The van der Waals surface area contributed by atoms with Crippen molar-refractivity contribution in [2.45, 2.75) is 12.5 Å². The molecule has 2 aliphatic rings. The molecular formula is C17H15BrN2. The first-order valence-electron chi connectivity index (χ1n) is 6.92. The van der Waals surface area contributed by atoms with Gasteiger partial charge in [0.1, 0.15) is 0 Å². The third kappa shape index (κ3) is 1.85. The van der Waals surface area contributed by atoms with E-state index in [0.717, 1.165) is 17.4 Å². The maximum absolute atomic E-state index is 3.64. The lowest BCUT2D eigenvalue weighted by atomic mass is 10.0. The summed E-state index contributed by atoms with van der Waals surface area (Å²) in [7, 11) is 0. The van der Waals surface area contributed by atoms with Gasteiger partial charge in [-0.05, 0) is 35.4 Å². The van der Waals surface area contributed by atoms with Gasteiger partial charge in [0.05, 0.1) is 6.04 Å². The molecule has 1 unspecified atom stereocenters. The Balaban J connectivity index is 1.92. The predicted molar refractivity (Wildman–Crippen MR) is 86.7 cm³/mol. The number of hydrogen-bond donors (Lipinski definition) is 2. The minimum Gasteiger partial charge on any atom is -0.385 e. The Bertz CT molecular complexity index is 778. The molecule has 4 rings (SSSR count). The van der Waals surface area contributed by atoms with Crippen molar-refractivity contribution in [2.24, 2.45) is 0 Å². The van der Waals surface area contributed by atoms with Crippen LogP contribution in [0, 0.1) is 0 Å². The van der Waals surface area contributed by atoms with Crippen molar-refractivity contribution < 1.29 is 0 Å². The van der Waals surface area contributed by atoms with Crippen LogP contribution < -0.4 is 21.1 Å². The van der Waals surface area contributed by atoms with Crippen molar-refractivity contribution in [3.05, 3.63) is 62.9 Å². The number of benzene rings is 2. The van der Waals surface area contributed by atoms with Crippen LogP contribution >= 0.6 is 15.9 Å². The zero-order chi connectivity index (χ0) is 13.5. The topological polar surface area (TPSA) is 24.1 Å². The first-order valence-corrected chi connectivity index (χ1v) is 7.71. The van der Waals surface area contributed by atoms with Gasteiger partial charge in [0, 0.05) is 27.6 Å². The SMILES string of the molecule is Brc1ccc(C2Nc3cccc4c3=C2NCCC=4)cc1. The quantitative estimate of drug-likeness (QED) is 0.841. The molecule has 0 fully saturated rings.